The molecule has 0 saturated carbocycles. The predicted octanol–water partition coefficient (Wildman–Crippen LogP) is 2.70. The van der Waals surface area contributed by atoms with Crippen molar-refractivity contribution in [1.29, 1.82) is 0 Å². The molecule has 62 valence electrons. The third-order valence-corrected chi connectivity index (χ3v) is 3.83. The quantitative estimate of drug-likeness (QED) is 0.308. The summed E-state index contributed by atoms with van der Waals surface area (Å²) in [5.41, 5.74) is 0. The van der Waals surface area contributed by atoms with Gasteiger partial charge in [-0.1, -0.05) is 32.6 Å². The zero-order valence-electron chi connectivity index (χ0n) is 7.64. The van der Waals surface area contributed by atoms with Gasteiger partial charge in [-0.15, -0.1) is 9.10 Å². The molecule has 0 atom stereocenters. The fourth-order valence-electron chi connectivity index (χ4n) is 1.18. The van der Waals surface area contributed by atoms with Crippen LogP contribution < -0.4 is 0 Å². The molecule has 0 heterocycles. The maximum absolute atomic E-state index is 9.96. The fourth-order valence-corrected chi connectivity index (χ4v) is 2.70. The average Bonchev–Trinajstić information content (AvgIpc) is 2.03. The van der Waals surface area contributed by atoms with Gasteiger partial charge in [0, 0.05) is 0 Å². The van der Waals surface area contributed by atoms with E-state index >= 15 is 0 Å². The second kappa shape index (κ2) is 10.4. The molecule has 0 bridgehead atoms. The number of unbranched alkanes of at least 4 members (excludes halogenated alkanes) is 3. The van der Waals surface area contributed by atoms with Crippen molar-refractivity contribution in [3.8, 4) is 0 Å². The number of hydrogen-bond donors (Lipinski definition) is 0. The van der Waals surface area contributed by atoms with E-state index in [1.54, 1.807) is 0 Å². The zero-order valence-corrected chi connectivity index (χ0v) is 9.06. The Kier molecular flexibility index (Phi) is 10.9. The molecule has 1 nitrogen and oxygen atoms in total. The van der Waals surface area contributed by atoms with Gasteiger partial charge in [0.15, 0.2) is 0 Å². The van der Waals surface area contributed by atoms with Crippen molar-refractivity contribution < 1.29 is 4.79 Å². The van der Waals surface area contributed by atoms with Crippen LogP contribution in [0.2, 0.25) is 9.10 Å². The van der Waals surface area contributed by atoms with Gasteiger partial charge >= 0.3 is 20.4 Å². The highest BCUT2D eigenvalue weighted by Gasteiger charge is 1.94. The lowest BCUT2D eigenvalue weighted by Crippen LogP contribution is -1.89. The van der Waals surface area contributed by atoms with Crippen LogP contribution in [0.5, 0.6) is 0 Å². The molecule has 0 rings (SSSR count). The van der Waals surface area contributed by atoms with E-state index in [4.69, 9.17) is 0 Å². The van der Waals surface area contributed by atoms with Crippen LogP contribution in [0.4, 0.5) is 0 Å². The van der Waals surface area contributed by atoms with Gasteiger partial charge in [0.05, 0.1) is 0 Å². The van der Waals surface area contributed by atoms with E-state index in [1.807, 2.05) is 0 Å². The lowest BCUT2D eigenvalue weighted by Gasteiger charge is -1.95. The van der Waals surface area contributed by atoms with Gasteiger partial charge in [0.25, 0.3) is 0 Å². The van der Waals surface area contributed by atoms with Crippen LogP contribution in [0.3, 0.4) is 0 Å². The third-order valence-electron chi connectivity index (χ3n) is 1.93. The first-order chi connectivity index (χ1) is 5.41. The van der Waals surface area contributed by atoms with Crippen LogP contribution in [0.1, 0.15) is 39.0 Å². The zero-order chi connectivity index (χ0) is 8.36. The topological polar surface area (TPSA) is 17.1 Å². The molecule has 0 aromatic rings. The minimum absolute atomic E-state index is 0.141. The maximum atomic E-state index is 9.96. The Labute approximate surface area is 79.7 Å². The molecule has 2 heteroatoms. The Bertz CT molecular complexity index is 83.6. The Balaban J connectivity index is 2.74. The summed E-state index contributed by atoms with van der Waals surface area (Å²) in [7, 11) is 0. The molecule has 0 aliphatic heterocycles. The standard InChI is InChI=1S/C6H13.C3H5O.Mg/c1-3-5-6-4-2;1-2-3-4;/h1,3-6H2,2H3;3H,1-2H2;. The summed E-state index contributed by atoms with van der Waals surface area (Å²) >= 11 is 0.141. The molecule has 0 aromatic heterocycles. The van der Waals surface area contributed by atoms with Gasteiger partial charge in [-0.05, 0) is 6.42 Å². The van der Waals surface area contributed by atoms with E-state index in [0.717, 1.165) is 12.7 Å². The van der Waals surface area contributed by atoms with Crippen LogP contribution in [0, 0.1) is 0 Å². The number of aldehydes is 1. The van der Waals surface area contributed by atoms with Gasteiger partial charge in [-0.2, -0.15) is 0 Å². The van der Waals surface area contributed by atoms with E-state index in [2.05, 4.69) is 6.92 Å². The third kappa shape index (κ3) is 10.4. The molecule has 0 spiro atoms. The molecule has 0 amide bonds. The molecule has 0 saturated heterocycles. The van der Waals surface area contributed by atoms with Crippen molar-refractivity contribution in [1.82, 2.24) is 0 Å². The summed E-state index contributed by atoms with van der Waals surface area (Å²) in [6, 6.07) is 0. The van der Waals surface area contributed by atoms with Crippen LogP contribution in [0.15, 0.2) is 0 Å². The number of rotatable bonds is 8. The normalized spacial score (nSPS) is 9.18. The number of carbonyl (C=O) groups excluding carboxylic acids is 1. The SMILES string of the molecule is CCCCC[CH2][Mg][CH2]CC=O. The van der Waals surface area contributed by atoms with Crippen molar-refractivity contribution in [2.24, 2.45) is 0 Å². The summed E-state index contributed by atoms with van der Waals surface area (Å²) in [5.74, 6) is 0. The minimum atomic E-state index is 0.141. The van der Waals surface area contributed by atoms with Crippen molar-refractivity contribution >= 4 is 26.7 Å². The van der Waals surface area contributed by atoms with Crippen molar-refractivity contribution in [3.63, 3.8) is 0 Å². The van der Waals surface area contributed by atoms with E-state index in [9.17, 15) is 4.79 Å². The first kappa shape index (κ1) is 11.4. The minimum Gasteiger partial charge on any atom is -0.303 e. The molecule has 0 fully saturated rings. The van der Waals surface area contributed by atoms with Crippen LogP contribution in [-0.4, -0.2) is 26.7 Å². The Hall–Kier alpha value is 0.436. The van der Waals surface area contributed by atoms with E-state index in [0.29, 0.717) is 0 Å². The lowest BCUT2D eigenvalue weighted by atomic mass is 10.2. The highest BCUT2D eigenvalue weighted by Crippen LogP contribution is 2.03. The van der Waals surface area contributed by atoms with Gasteiger partial charge in [-0.3, -0.25) is 0 Å². The fraction of sp³-hybridized carbons (Fsp3) is 0.889. The molecular formula is C9H18MgO. The van der Waals surface area contributed by atoms with Gasteiger partial charge in [0.1, 0.15) is 6.29 Å². The average molecular weight is 167 g/mol. The summed E-state index contributed by atoms with van der Waals surface area (Å²) in [6.07, 6.45) is 7.42. The van der Waals surface area contributed by atoms with Crippen LogP contribution in [0.25, 0.3) is 0 Å². The maximum Gasteiger partial charge on any atom is 0.364 e. The monoisotopic (exact) mass is 166 g/mol. The molecule has 0 N–H and O–H groups in total. The van der Waals surface area contributed by atoms with Gasteiger partial charge < -0.3 is 4.79 Å². The first-order valence-corrected chi connectivity index (χ1v) is 6.85. The lowest BCUT2D eigenvalue weighted by molar-refractivity contribution is -0.107. The van der Waals surface area contributed by atoms with Crippen molar-refractivity contribution in [2.45, 2.75) is 48.1 Å². The second-order valence-corrected chi connectivity index (χ2v) is 5.20. The molecule has 0 aliphatic carbocycles. The second-order valence-electron chi connectivity index (χ2n) is 3.08. The van der Waals surface area contributed by atoms with E-state index in [1.165, 1.54) is 34.8 Å². The summed E-state index contributed by atoms with van der Waals surface area (Å²) in [4.78, 5) is 9.96. The Morgan fingerprint density at radius 3 is 2.64 bits per heavy atom. The predicted molar refractivity (Wildman–Crippen MR) is 50.2 cm³/mol. The molecule has 0 aliphatic rings. The Morgan fingerprint density at radius 2 is 2.00 bits per heavy atom. The summed E-state index contributed by atoms with van der Waals surface area (Å²) < 4.78 is 2.68. The van der Waals surface area contributed by atoms with E-state index in [-0.39, 0.29) is 20.4 Å². The first-order valence-electron chi connectivity index (χ1n) is 4.85. The van der Waals surface area contributed by atoms with E-state index < -0.39 is 0 Å². The van der Waals surface area contributed by atoms with Gasteiger partial charge in [-0.25, -0.2) is 0 Å². The number of hydrogen-bond acceptors (Lipinski definition) is 1. The molecule has 0 radical (unpaired) electrons. The molecule has 0 aromatic carbocycles. The summed E-state index contributed by atoms with van der Waals surface area (Å²) in [6.45, 7) is 2.24. The highest BCUT2D eigenvalue weighted by atomic mass is 24.5. The largest absolute Gasteiger partial charge is 0.364 e. The number of carbonyl (C=O) groups is 1. The molecular weight excluding hydrogens is 148 g/mol. The van der Waals surface area contributed by atoms with Gasteiger partial charge in [0.2, 0.25) is 0 Å². The smallest absolute Gasteiger partial charge is 0.303 e. The highest BCUT2D eigenvalue weighted by molar-refractivity contribution is 6.35. The Morgan fingerprint density at radius 1 is 1.18 bits per heavy atom. The van der Waals surface area contributed by atoms with Crippen LogP contribution in [-0.2, 0) is 4.79 Å². The van der Waals surface area contributed by atoms with Crippen molar-refractivity contribution in [2.75, 3.05) is 0 Å². The molecule has 0 unspecified atom stereocenters. The summed E-state index contributed by atoms with van der Waals surface area (Å²) in [5, 5.41) is 0. The molecule has 11 heavy (non-hydrogen) atoms. The van der Waals surface area contributed by atoms with Crippen LogP contribution >= 0.6 is 0 Å². The van der Waals surface area contributed by atoms with Crippen molar-refractivity contribution in [3.05, 3.63) is 0 Å².